The Bertz CT molecular complexity index is 445. The fourth-order valence-electron chi connectivity index (χ4n) is 1.77. The third-order valence-corrected chi connectivity index (χ3v) is 3.04. The first kappa shape index (κ1) is 15.0. The lowest BCUT2D eigenvalue weighted by Crippen LogP contribution is -2.15. The molecule has 1 saturated carbocycles. The highest BCUT2D eigenvalue weighted by Gasteiger charge is 2.27. The highest BCUT2D eigenvalue weighted by molar-refractivity contribution is 5.43. The summed E-state index contributed by atoms with van der Waals surface area (Å²) in [6.07, 6.45) is -2.77. The third-order valence-electron chi connectivity index (χ3n) is 3.04. The molecule has 2 rings (SSSR count). The number of alkyl halides is 3. The average Bonchev–Trinajstić information content (AvgIpc) is 3.20. The van der Waals surface area contributed by atoms with Crippen molar-refractivity contribution in [2.24, 2.45) is 0 Å². The van der Waals surface area contributed by atoms with Crippen molar-refractivity contribution in [1.29, 1.82) is 0 Å². The minimum atomic E-state index is -4.21. The van der Waals surface area contributed by atoms with Crippen LogP contribution < -0.4 is 14.8 Å². The number of hydrogen-bond acceptors (Lipinski definition) is 3. The molecule has 112 valence electrons. The molecule has 0 unspecified atom stereocenters. The van der Waals surface area contributed by atoms with Crippen LogP contribution in [0.4, 0.5) is 13.2 Å². The van der Waals surface area contributed by atoms with Crippen molar-refractivity contribution < 1.29 is 22.6 Å². The Labute approximate surface area is 116 Å². The Balaban J connectivity index is 1.90. The fraction of sp³-hybridized carbons (Fsp3) is 0.571. The maximum absolute atomic E-state index is 12.1. The molecule has 0 amide bonds. The van der Waals surface area contributed by atoms with E-state index in [0.29, 0.717) is 17.5 Å². The van der Waals surface area contributed by atoms with Gasteiger partial charge >= 0.3 is 6.18 Å². The van der Waals surface area contributed by atoms with Gasteiger partial charge in [0.1, 0.15) is 0 Å². The molecule has 0 spiro atoms. The van der Waals surface area contributed by atoms with E-state index in [-0.39, 0.29) is 0 Å². The summed E-state index contributed by atoms with van der Waals surface area (Å²) in [5.74, 6) is 0.800. The minimum absolute atomic E-state index is 0.340. The molecule has 20 heavy (non-hydrogen) atoms. The van der Waals surface area contributed by atoms with Gasteiger partial charge in [-0.15, -0.1) is 0 Å². The second-order valence-corrected chi connectivity index (χ2v) is 4.85. The molecule has 1 aliphatic rings. The topological polar surface area (TPSA) is 30.5 Å². The van der Waals surface area contributed by atoms with Crippen LogP contribution in [0, 0.1) is 0 Å². The molecule has 0 saturated heterocycles. The molecule has 0 atom stereocenters. The summed E-state index contributed by atoms with van der Waals surface area (Å²) in [6.45, 7) is 0.323. The van der Waals surface area contributed by atoms with Gasteiger partial charge in [0.05, 0.1) is 20.1 Å². The van der Waals surface area contributed by atoms with E-state index in [1.54, 1.807) is 12.1 Å². The van der Waals surface area contributed by atoms with E-state index in [9.17, 15) is 13.2 Å². The van der Waals surface area contributed by atoms with E-state index in [4.69, 9.17) is 9.47 Å². The van der Waals surface area contributed by atoms with Crippen molar-refractivity contribution in [3.63, 3.8) is 0 Å². The fourth-order valence-corrected chi connectivity index (χ4v) is 1.77. The average molecular weight is 289 g/mol. The molecular weight excluding hydrogens is 271 g/mol. The summed E-state index contributed by atoms with van der Waals surface area (Å²) in [6, 6.07) is 5.88. The van der Waals surface area contributed by atoms with Crippen LogP contribution in [0.1, 0.15) is 24.8 Å². The summed E-state index contributed by atoms with van der Waals surface area (Å²) in [4.78, 5) is 0. The van der Waals surface area contributed by atoms with Gasteiger partial charge in [0.25, 0.3) is 0 Å². The monoisotopic (exact) mass is 289 g/mol. The number of rotatable bonds is 7. The lowest BCUT2D eigenvalue weighted by Gasteiger charge is -2.13. The van der Waals surface area contributed by atoms with E-state index in [1.165, 1.54) is 20.0 Å². The zero-order chi connectivity index (χ0) is 14.6. The van der Waals surface area contributed by atoms with Crippen LogP contribution in [-0.4, -0.2) is 25.9 Å². The van der Waals surface area contributed by atoms with Crippen molar-refractivity contribution >= 4 is 0 Å². The number of hydrogen-bond donors (Lipinski definition) is 1. The van der Waals surface area contributed by atoms with Crippen LogP contribution >= 0.6 is 0 Å². The van der Waals surface area contributed by atoms with Crippen LogP contribution in [-0.2, 0) is 6.54 Å². The van der Waals surface area contributed by atoms with E-state index < -0.39 is 19.2 Å². The lowest BCUT2D eigenvalue weighted by atomic mass is 10.2. The predicted octanol–water partition coefficient (Wildman–Crippen LogP) is 3.28. The maximum Gasteiger partial charge on any atom is 0.392 e. The van der Waals surface area contributed by atoms with Crippen molar-refractivity contribution in [3.05, 3.63) is 23.8 Å². The number of halogens is 3. The van der Waals surface area contributed by atoms with Gasteiger partial charge in [-0.25, -0.2) is 0 Å². The Morgan fingerprint density at radius 2 is 2.00 bits per heavy atom. The third kappa shape index (κ3) is 4.92. The number of nitrogens with one attached hydrogen (secondary N) is 1. The van der Waals surface area contributed by atoms with Crippen molar-refractivity contribution in [1.82, 2.24) is 5.32 Å². The Morgan fingerprint density at radius 3 is 2.60 bits per heavy atom. The second-order valence-electron chi connectivity index (χ2n) is 4.85. The largest absolute Gasteiger partial charge is 0.493 e. The van der Waals surface area contributed by atoms with Crippen molar-refractivity contribution in [3.8, 4) is 11.5 Å². The normalized spacial score (nSPS) is 15.2. The molecular formula is C14H18F3NO2. The summed E-state index contributed by atoms with van der Waals surface area (Å²) >= 11 is 0. The van der Waals surface area contributed by atoms with Gasteiger partial charge in [-0.3, -0.25) is 0 Å². The van der Waals surface area contributed by atoms with Crippen LogP contribution in [0.15, 0.2) is 18.2 Å². The molecule has 6 heteroatoms. The lowest BCUT2D eigenvalue weighted by molar-refractivity contribution is -0.139. The van der Waals surface area contributed by atoms with E-state index in [2.05, 4.69) is 5.32 Å². The first-order valence-electron chi connectivity index (χ1n) is 6.58. The Kier molecular flexibility index (Phi) is 4.75. The Morgan fingerprint density at radius 1 is 1.25 bits per heavy atom. The smallest absolute Gasteiger partial charge is 0.392 e. The molecule has 1 aliphatic carbocycles. The van der Waals surface area contributed by atoms with Gasteiger partial charge < -0.3 is 14.8 Å². The van der Waals surface area contributed by atoms with Crippen LogP contribution in [0.3, 0.4) is 0 Å². The molecule has 0 heterocycles. The van der Waals surface area contributed by atoms with E-state index in [1.807, 2.05) is 6.07 Å². The molecule has 0 bridgehead atoms. The summed E-state index contributed by atoms with van der Waals surface area (Å²) in [7, 11) is 1.48. The molecule has 0 aromatic heterocycles. The summed E-state index contributed by atoms with van der Waals surface area (Å²) < 4.78 is 46.5. The first-order valence-corrected chi connectivity index (χ1v) is 6.58. The first-order chi connectivity index (χ1) is 9.48. The summed E-state index contributed by atoms with van der Waals surface area (Å²) in [5, 5.41) is 3.36. The summed E-state index contributed by atoms with van der Waals surface area (Å²) in [5.41, 5.74) is 1.02. The Hall–Kier alpha value is -1.43. The predicted molar refractivity (Wildman–Crippen MR) is 69.0 cm³/mol. The quantitative estimate of drug-likeness (QED) is 0.835. The van der Waals surface area contributed by atoms with Gasteiger partial charge in [0.2, 0.25) is 0 Å². The highest BCUT2D eigenvalue weighted by atomic mass is 19.4. The number of benzene rings is 1. The van der Waals surface area contributed by atoms with Crippen LogP contribution in [0.2, 0.25) is 0 Å². The molecule has 3 nitrogen and oxygen atoms in total. The van der Waals surface area contributed by atoms with E-state index >= 15 is 0 Å². The van der Waals surface area contributed by atoms with Gasteiger partial charge in [0, 0.05) is 12.6 Å². The molecule has 0 aliphatic heterocycles. The molecule has 1 fully saturated rings. The molecule has 1 aromatic rings. The standard InChI is InChI=1S/C14H18F3NO2/c1-19-13-8-10(9-18-11-3-4-11)2-5-12(13)20-7-6-14(15,16)17/h2,5,8,11,18H,3-4,6-7,9H2,1H3. The number of ether oxygens (including phenoxy) is 2. The van der Waals surface area contributed by atoms with Gasteiger partial charge in [-0.05, 0) is 30.5 Å². The van der Waals surface area contributed by atoms with Crippen LogP contribution in [0.5, 0.6) is 11.5 Å². The molecule has 1 N–H and O–H groups in total. The molecule has 0 radical (unpaired) electrons. The zero-order valence-corrected chi connectivity index (χ0v) is 11.3. The number of methoxy groups -OCH3 is 1. The van der Waals surface area contributed by atoms with E-state index in [0.717, 1.165) is 12.1 Å². The van der Waals surface area contributed by atoms with Crippen molar-refractivity contribution in [2.75, 3.05) is 13.7 Å². The SMILES string of the molecule is COc1cc(CNC2CC2)ccc1OCCC(F)(F)F. The maximum atomic E-state index is 12.1. The minimum Gasteiger partial charge on any atom is -0.493 e. The van der Waals surface area contributed by atoms with Gasteiger partial charge in [-0.2, -0.15) is 13.2 Å². The highest BCUT2D eigenvalue weighted by Crippen LogP contribution is 2.29. The second kappa shape index (κ2) is 6.35. The molecule has 1 aromatic carbocycles. The van der Waals surface area contributed by atoms with Gasteiger partial charge in [-0.1, -0.05) is 6.07 Å². The zero-order valence-electron chi connectivity index (χ0n) is 11.3. The van der Waals surface area contributed by atoms with Gasteiger partial charge in [0.15, 0.2) is 11.5 Å². The van der Waals surface area contributed by atoms with Crippen LogP contribution in [0.25, 0.3) is 0 Å². The van der Waals surface area contributed by atoms with Crippen molar-refractivity contribution in [2.45, 2.75) is 38.0 Å².